The number of nitro groups is 1. The maximum absolute atomic E-state index is 12.9. The standard InChI is InChI=1S/C23H23N3O7S/c1-23(2)19(22(29)33-12-14-8-10-15(11-9-14)26(30)31)25-20(28)18(21(25)34-23)24-17(27)13-32-16-6-4-3-5-7-16/h3-11,18-19,21H,12-13H2,1-2H3,(H,24,27)/t18?,19?,21-/m1/s1. The van der Waals surface area contributed by atoms with Crippen LogP contribution in [-0.4, -0.2) is 56.4 Å². The van der Waals surface area contributed by atoms with Gasteiger partial charge in [0.25, 0.3) is 11.6 Å². The zero-order valence-electron chi connectivity index (χ0n) is 18.5. The molecule has 2 amide bonds. The van der Waals surface area contributed by atoms with Crippen molar-refractivity contribution < 1.29 is 28.8 Å². The summed E-state index contributed by atoms with van der Waals surface area (Å²) in [6.07, 6.45) is 0. The van der Waals surface area contributed by atoms with Crippen LogP contribution in [0.2, 0.25) is 0 Å². The number of β-lactam (4-membered cyclic amide) rings is 1. The van der Waals surface area contributed by atoms with Gasteiger partial charge in [-0.1, -0.05) is 18.2 Å². The van der Waals surface area contributed by atoms with Crippen LogP contribution in [0.15, 0.2) is 54.6 Å². The topological polar surface area (TPSA) is 128 Å². The van der Waals surface area contributed by atoms with Crippen LogP contribution < -0.4 is 10.1 Å². The molecular formula is C23H23N3O7S. The van der Waals surface area contributed by atoms with E-state index in [2.05, 4.69) is 5.32 Å². The van der Waals surface area contributed by atoms with Crippen LogP contribution in [0.1, 0.15) is 19.4 Å². The predicted octanol–water partition coefficient (Wildman–Crippen LogP) is 2.26. The van der Waals surface area contributed by atoms with Crippen molar-refractivity contribution >= 4 is 35.2 Å². The van der Waals surface area contributed by atoms with Gasteiger partial charge in [0.05, 0.1) is 4.92 Å². The zero-order valence-corrected chi connectivity index (χ0v) is 19.3. The monoisotopic (exact) mass is 485 g/mol. The van der Waals surface area contributed by atoms with E-state index in [0.717, 1.165) is 0 Å². The van der Waals surface area contributed by atoms with Crippen molar-refractivity contribution in [3.8, 4) is 5.75 Å². The molecule has 2 aliphatic rings. The van der Waals surface area contributed by atoms with E-state index < -0.39 is 33.6 Å². The van der Waals surface area contributed by atoms with Crippen molar-refractivity contribution in [2.45, 2.75) is 42.7 Å². The molecule has 2 saturated heterocycles. The highest BCUT2D eigenvalue weighted by Gasteiger charge is 2.64. The lowest BCUT2D eigenvalue weighted by Crippen LogP contribution is -2.71. The fourth-order valence-electron chi connectivity index (χ4n) is 3.95. The maximum Gasteiger partial charge on any atom is 0.330 e. The van der Waals surface area contributed by atoms with Crippen molar-refractivity contribution in [2.75, 3.05) is 6.61 Å². The van der Waals surface area contributed by atoms with Gasteiger partial charge in [0.15, 0.2) is 6.61 Å². The number of non-ortho nitro benzene ring substituents is 1. The van der Waals surface area contributed by atoms with Gasteiger partial charge in [0, 0.05) is 16.9 Å². The summed E-state index contributed by atoms with van der Waals surface area (Å²) in [4.78, 5) is 49.7. The van der Waals surface area contributed by atoms with Crippen molar-refractivity contribution in [1.29, 1.82) is 0 Å². The molecule has 2 aromatic carbocycles. The van der Waals surface area contributed by atoms with Crippen molar-refractivity contribution in [2.24, 2.45) is 0 Å². The second kappa shape index (κ2) is 9.34. The number of nitro benzene ring substituents is 1. The van der Waals surface area contributed by atoms with E-state index >= 15 is 0 Å². The number of hydrogen-bond donors (Lipinski definition) is 1. The van der Waals surface area contributed by atoms with Crippen LogP contribution >= 0.6 is 11.8 Å². The van der Waals surface area contributed by atoms with Gasteiger partial charge < -0.3 is 19.7 Å². The number of carbonyl (C=O) groups is 3. The van der Waals surface area contributed by atoms with Crippen LogP contribution in [0.4, 0.5) is 5.69 Å². The minimum Gasteiger partial charge on any atom is -0.484 e. The minimum absolute atomic E-state index is 0.0559. The molecule has 34 heavy (non-hydrogen) atoms. The van der Waals surface area contributed by atoms with Gasteiger partial charge in [-0.3, -0.25) is 19.7 Å². The Morgan fingerprint density at radius 3 is 2.47 bits per heavy atom. The summed E-state index contributed by atoms with van der Waals surface area (Å²) in [5.74, 6) is -0.798. The SMILES string of the molecule is CC1(C)S[C@@H]2C(NC(=O)COc3ccccc3)C(=O)N2C1C(=O)OCc1ccc([N+](=O)[O-])cc1. The molecule has 178 valence electrons. The number of thioether (sulfide) groups is 1. The predicted molar refractivity (Wildman–Crippen MR) is 123 cm³/mol. The van der Waals surface area contributed by atoms with Crippen molar-refractivity contribution in [1.82, 2.24) is 10.2 Å². The van der Waals surface area contributed by atoms with Gasteiger partial charge in [0.1, 0.15) is 29.8 Å². The molecule has 2 unspecified atom stereocenters. The van der Waals surface area contributed by atoms with E-state index in [1.807, 2.05) is 19.9 Å². The van der Waals surface area contributed by atoms with E-state index in [1.54, 1.807) is 24.3 Å². The summed E-state index contributed by atoms with van der Waals surface area (Å²) < 4.78 is 10.2. The quantitative estimate of drug-likeness (QED) is 0.261. The molecule has 2 fully saturated rings. The van der Waals surface area contributed by atoms with Crippen LogP contribution in [0.5, 0.6) is 5.75 Å². The fourth-order valence-corrected chi connectivity index (χ4v) is 5.58. The lowest BCUT2D eigenvalue weighted by molar-refractivity contribution is -0.384. The van der Waals surface area contributed by atoms with E-state index in [-0.39, 0.29) is 30.2 Å². The first kappa shape index (κ1) is 23.6. The summed E-state index contributed by atoms with van der Waals surface area (Å²) in [7, 11) is 0. The highest BCUT2D eigenvalue weighted by molar-refractivity contribution is 8.01. The van der Waals surface area contributed by atoms with Crippen LogP contribution in [0, 0.1) is 10.1 Å². The Kier molecular flexibility index (Phi) is 6.47. The summed E-state index contributed by atoms with van der Waals surface area (Å²) in [6.45, 7) is 3.39. The molecule has 0 saturated carbocycles. The Bertz CT molecular complexity index is 1110. The summed E-state index contributed by atoms with van der Waals surface area (Å²) >= 11 is 1.42. The Hall–Kier alpha value is -3.60. The van der Waals surface area contributed by atoms with Gasteiger partial charge in [0.2, 0.25) is 5.91 Å². The summed E-state index contributed by atoms with van der Waals surface area (Å²) in [6, 6.07) is 13.0. The van der Waals surface area contributed by atoms with Crippen molar-refractivity contribution in [3.05, 3.63) is 70.3 Å². The van der Waals surface area contributed by atoms with Gasteiger partial charge in [-0.25, -0.2) is 4.79 Å². The molecular weight excluding hydrogens is 462 g/mol. The average molecular weight is 486 g/mol. The molecule has 2 aromatic rings. The van der Waals surface area contributed by atoms with Crippen LogP contribution in [0.25, 0.3) is 0 Å². The van der Waals surface area contributed by atoms with Gasteiger partial charge >= 0.3 is 5.97 Å². The van der Waals surface area contributed by atoms with E-state index in [0.29, 0.717) is 11.3 Å². The van der Waals surface area contributed by atoms with Gasteiger partial charge in [-0.2, -0.15) is 0 Å². The third-order valence-corrected chi connectivity index (χ3v) is 7.19. The Labute approximate surface area is 199 Å². The van der Waals surface area contributed by atoms with Gasteiger partial charge in [-0.15, -0.1) is 11.8 Å². The molecule has 0 radical (unpaired) electrons. The number of benzene rings is 2. The largest absolute Gasteiger partial charge is 0.484 e. The number of fused-ring (bicyclic) bond motifs is 1. The summed E-state index contributed by atoms with van der Waals surface area (Å²) in [5.41, 5.74) is 0.539. The molecule has 0 aromatic heterocycles. The number of para-hydroxylation sites is 1. The second-order valence-corrected chi connectivity index (χ2v) is 10.2. The van der Waals surface area contributed by atoms with Crippen LogP contribution in [-0.2, 0) is 25.7 Å². The lowest BCUT2D eigenvalue weighted by atomic mass is 9.96. The first-order valence-corrected chi connectivity index (χ1v) is 11.4. The van der Waals surface area contributed by atoms with E-state index in [1.165, 1.54) is 40.9 Å². The number of nitrogens with zero attached hydrogens (tertiary/aromatic N) is 2. The number of carbonyl (C=O) groups excluding carboxylic acids is 3. The molecule has 0 aliphatic carbocycles. The molecule has 10 nitrogen and oxygen atoms in total. The zero-order chi connectivity index (χ0) is 24.5. The molecule has 0 bridgehead atoms. The Morgan fingerprint density at radius 1 is 1.15 bits per heavy atom. The van der Waals surface area contributed by atoms with Crippen LogP contribution in [0.3, 0.4) is 0 Å². The molecule has 3 atom stereocenters. The number of nitrogens with one attached hydrogen (secondary N) is 1. The fraction of sp³-hybridized carbons (Fsp3) is 0.348. The molecule has 2 aliphatic heterocycles. The maximum atomic E-state index is 12.9. The third kappa shape index (κ3) is 4.69. The van der Waals surface area contributed by atoms with E-state index in [9.17, 15) is 24.5 Å². The molecule has 2 heterocycles. The number of esters is 1. The van der Waals surface area contributed by atoms with Crippen molar-refractivity contribution in [3.63, 3.8) is 0 Å². The Morgan fingerprint density at radius 2 is 1.82 bits per heavy atom. The molecule has 0 spiro atoms. The number of hydrogen-bond acceptors (Lipinski definition) is 8. The Balaban J connectivity index is 1.33. The molecule has 1 N–H and O–H groups in total. The normalized spacial score (nSPS) is 22.4. The number of ether oxygens (including phenoxy) is 2. The third-order valence-electron chi connectivity index (χ3n) is 5.62. The molecule has 11 heteroatoms. The number of amides is 2. The lowest BCUT2D eigenvalue weighted by Gasteiger charge is -2.43. The first-order chi connectivity index (χ1) is 16.2. The number of rotatable bonds is 8. The summed E-state index contributed by atoms with van der Waals surface area (Å²) in [5, 5.41) is 13.1. The minimum atomic E-state index is -0.818. The van der Waals surface area contributed by atoms with Gasteiger partial charge in [-0.05, 0) is 43.7 Å². The van der Waals surface area contributed by atoms with E-state index in [4.69, 9.17) is 9.47 Å². The highest BCUT2D eigenvalue weighted by Crippen LogP contribution is 2.51. The highest BCUT2D eigenvalue weighted by atomic mass is 32.2. The molecule has 4 rings (SSSR count). The smallest absolute Gasteiger partial charge is 0.330 e. The first-order valence-electron chi connectivity index (χ1n) is 10.5. The second-order valence-electron chi connectivity index (χ2n) is 8.44. The average Bonchev–Trinajstić information content (AvgIpc) is 3.08.